The number of anilines is 1. The average molecular weight is 402 g/mol. The van der Waals surface area contributed by atoms with E-state index in [4.69, 9.17) is 0 Å². The van der Waals surface area contributed by atoms with E-state index in [0.717, 1.165) is 21.9 Å². The summed E-state index contributed by atoms with van der Waals surface area (Å²) in [7, 11) is 0. The van der Waals surface area contributed by atoms with Crippen LogP contribution < -0.4 is 10.2 Å². The summed E-state index contributed by atoms with van der Waals surface area (Å²) in [6.45, 7) is 3.73. The van der Waals surface area contributed by atoms with Crippen molar-refractivity contribution in [3.63, 3.8) is 0 Å². The van der Waals surface area contributed by atoms with Gasteiger partial charge in [0, 0.05) is 23.5 Å². The van der Waals surface area contributed by atoms with Crippen LogP contribution in [0.4, 0.5) is 16.2 Å². The maximum absolute atomic E-state index is 12.8. The molecule has 1 aliphatic heterocycles. The maximum Gasteiger partial charge on any atom is 0.333 e. The van der Waals surface area contributed by atoms with Crippen LogP contribution in [0.5, 0.6) is 0 Å². The Balaban J connectivity index is 1.71. The quantitative estimate of drug-likeness (QED) is 0.307. The van der Waals surface area contributed by atoms with Crippen molar-refractivity contribution in [2.24, 2.45) is 0 Å². The minimum atomic E-state index is -0.509. The van der Waals surface area contributed by atoms with Crippen LogP contribution in [-0.2, 0) is 4.79 Å². The molecule has 1 fully saturated rings. The molecule has 8 nitrogen and oxygen atoms in total. The molecule has 2 heterocycles. The van der Waals surface area contributed by atoms with Gasteiger partial charge in [0.1, 0.15) is 5.70 Å². The van der Waals surface area contributed by atoms with Crippen LogP contribution in [0, 0.1) is 24.0 Å². The summed E-state index contributed by atoms with van der Waals surface area (Å²) in [6, 6.07) is 16.4. The van der Waals surface area contributed by atoms with E-state index in [-0.39, 0.29) is 11.4 Å². The van der Waals surface area contributed by atoms with Gasteiger partial charge in [0.15, 0.2) is 0 Å². The van der Waals surface area contributed by atoms with Gasteiger partial charge in [-0.15, -0.1) is 0 Å². The number of aromatic nitrogens is 1. The zero-order chi connectivity index (χ0) is 21.4. The summed E-state index contributed by atoms with van der Waals surface area (Å²) < 4.78 is 1.87. The van der Waals surface area contributed by atoms with Gasteiger partial charge in [0.2, 0.25) is 0 Å². The predicted molar refractivity (Wildman–Crippen MR) is 112 cm³/mol. The lowest BCUT2D eigenvalue weighted by molar-refractivity contribution is -0.384. The van der Waals surface area contributed by atoms with E-state index in [9.17, 15) is 19.7 Å². The molecule has 0 atom stereocenters. The molecular weight excluding hydrogens is 384 g/mol. The summed E-state index contributed by atoms with van der Waals surface area (Å²) in [5, 5.41) is 13.7. The van der Waals surface area contributed by atoms with Crippen LogP contribution in [0.15, 0.2) is 66.4 Å². The number of rotatable bonds is 4. The highest BCUT2D eigenvalue weighted by Gasteiger charge is 2.35. The Morgan fingerprint density at radius 3 is 2.37 bits per heavy atom. The van der Waals surface area contributed by atoms with Gasteiger partial charge in [-0.3, -0.25) is 14.9 Å². The molecule has 1 aromatic heterocycles. The summed E-state index contributed by atoms with van der Waals surface area (Å²) in [5.41, 5.74) is 3.68. The fraction of sp³-hybridized carbons (Fsp3) is 0.0909. The van der Waals surface area contributed by atoms with E-state index in [2.05, 4.69) is 5.32 Å². The topological polar surface area (TPSA) is 97.5 Å². The SMILES string of the molecule is Cc1cc(/C=C2/NC(=O)N(c3ccccc3)C2=O)c(C)n1-c1cccc([N+](=O)[O-])c1. The van der Waals surface area contributed by atoms with Crippen molar-refractivity contribution in [3.8, 4) is 5.69 Å². The first-order valence-corrected chi connectivity index (χ1v) is 9.23. The summed E-state index contributed by atoms with van der Waals surface area (Å²) in [6.07, 6.45) is 1.62. The number of hydrogen-bond donors (Lipinski definition) is 1. The number of carbonyl (C=O) groups excluding carboxylic acids is 2. The van der Waals surface area contributed by atoms with E-state index >= 15 is 0 Å². The third-order valence-electron chi connectivity index (χ3n) is 4.96. The van der Waals surface area contributed by atoms with Gasteiger partial charge in [-0.25, -0.2) is 9.69 Å². The number of imide groups is 1. The van der Waals surface area contributed by atoms with Gasteiger partial charge in [0.25, 0.3) is 11.6 Å². The van der Waals surface area contributed by atoms with Crippen molar-refractivity contribution in [1.29, 1.82) is 0 Å². The number of benzene rings is 2. The minimum Gasteiger partial charge on any atom is -0.318 e. The molecule has 0 radical (unpaired) electrons. The first kappa shape index (κ1) is 19.1. The van der Waals surface area contributed by atoms with E-state index in [1.165, 1.54) is 12.1 Å². The summed E-state index contributed by atoms with van der Waals surface area (Å²) in [5.74, 6) is -0.439. The molecule has 1 N–H and O–H groups in total. The van der Waals surface area contributed by atoms with Crippen molar-refractivity contribution in [1.82, 2.24) is 9.88 Å². The van der Waals surface area contributed by atoms with Crippen molar-refractivity contribution in [3.05, 3.63) is 93.4 Å². The van der Waals surface area contributed by atoms with Gasteiger partial charge in [-0.2, -0.15) is 0 Å². The number of nitrogens with zero attached hydrogens (tertiary/aromatic N) is 3. The van der Waals surface area contributed by atoms with Crippen LogP contribution >= 0.6 is 0 Å². The number of nitro benzene ring substituents is 1. The number of urea groups is 1. The molecule has 1 aliphatic rings. The first-order valence-electron chi connectivity index (χ1n) is 9.23. The molecule has 4 rings (SSSR count). The van der Waals surface area contributed by atoms with Crippen LogP contribution in [-0.4, -0.2) is 21.4 Å². The highest BCUT2D eigenvalue weighted by Crippen LogP contribution is 2.27. The second-order valence-electron chi connectivity index (χ2n) is 6.90. The van der Waals surface area contributed by atoms with Gasteiger partial charge in [0.05, 0.1) is 16.3 Å². The Kier molecular flexibility index (Phi) is 4.67. The third kappa shape index (κ3) is 3.24. The largest absolute Gasteiger partial charge is 0.333 e. The Morgan fingerprint density at radius 1 is 0.967 bits per heavy atom. The lowest BCUT2D eigenvalue weighted by atomic mass is 10.2. The first-order chi connectivity index (χ1) is 14.4. The lowest BCUT2D eigenvalue weighted by Gasteiger charge is -2.11. The summed E-state index contributed by atoms with van der Waals surface area (Å²) in [4.78, 5) is 36.9. The van der Waals surface area contributed by atoms with Crippen molar-refractivity contribution >= 4 is 29.4 Å². The molecule has 0 unspecified atom stereocenters. The predicted octanol–water partition coefficient (Wildman–Crippen LogP) is 4.10. The van der Waals surface area contributed by atoms with E-state index in [1.54, 1.807) is 42.5 Å². The van der Waals surface area contributed by atoms with Crippen LogP contribution in [0.2, 0.25) is 0 Å². The molecule has 8 heteroatoms. The molecule has 0 bridgehead atoms. The number of nitro groups is 1. The van der Waals surface area contributed by atoms with Crippen molar-refractivity contribution < 1.29 is 14.5 Å². The molecule has 0 saturated carbocycles. The van der Waals surface area contributed by atoms with E-state index in [1.807, 2.05) is 30.5 Å². The number of carbonyl (C=O) groups is 2. The smallest absolute Gasteiger partial charge is 0.318 e. The van der Waals surface area contributed by atoms with Crippen molar-refractivity contribution in [2.75, 3.05) is 4.90 Å². The highest BCUT2D eigenvalue weighted by atomic mass is 16.6. The number of para-hydroxylation sites is 1. The highest BCUT2D eigenvalue weighted by molar-refractivity contribution is 6.28. The third-order valence-corrected chi connectivity index (χ3v) is 4.96. The zero-order valence-corrected chi connectivity index (χ0v) is 16.3. The molecule has 0 aliphatic carbocycles. The van der Waals surface area contributed by atoms with Gasteiger partial charge in [-0.05, 0) is 49.8 Å². The normalized spacial score (nSPS) is 15.0. The van der Waals surface area contributed by atoms with Gasteiger partial charge >= 0.3 is 6.03 Å². The number of hydrogen-bond acceptors (Lipinski definition) is 4. The molecule has 3 amide bonds. The molecule has 3 aromatic rings. The molecular formula is C22H18N4O4. The Morgan fingerprint density at radius 2 is 1.67 bits per heavy atom. The number of aryl methyl sites for hydroxylation is 1. The van der Waals surface area contributed by atoms with Gasteiger partial charge in [-0.1, -0.05) is 24.3 Å². The van der Waals surface area contributed by atoms with Crippen LogP contribution in [0.3, 0.4) is 0 Å². The Labute approximate surface area is 172 Å². The van der Waals surface area contributed by atoms with Crippen molar-refractivity contribution in [2.45, 2.75) is 13.8 Å². The standard InChI is InChI=1S/C22H18N4O4/c1-14-11-16(15(2)24(14)18-9-6-10-19(13-18)26(29)30)12-20-21(27)25(22(28)23-20)17-7-4-3-5-8-17/h3-13H,1-2H3,(H,23,28)/b20-12+. The minimum absolute atomic E-state index is 0.00311. The van der Waals surface area contributed by atoms with E-state index < -0.39 is 16.9 Å². The number of nitrogens with one attached hydrogen (secondary N) is 1. The Bertz CT molecular complexity index is 1210. The molecule has 0 spiro atoms. The fourth-order valence-corrected chi connectivity index (χ4v) is 3.58. The second kappa shape index (κ2) is 7.32. The molecule has 2 aromatic carbocycles. The molecule has 150 valence electrons. The zero-order valence-electron chi connectivity index (χ0n) is 16.3. The number of non-ortho nitro benzene ring substituents is 1. The number of amides is 3. The fourth-order valence-electron chi connectivity index (χ4n) is 3.58. The van der Waals surface area contributed by atoms with Crippen LogP contribution in [0.25, 0.3) is 11.8 Å². The maximum atomic E-state index is 12.8. The molecule has 30 heavy (non-hydrogen) atoms. The average Bonchev–Trinajstić information content (AvgIpc) is 3.17. The monoisotopic (exact) mass is 402 g/mol. The molecule has 1 saturated heterocycles. The van der Waals surface area contributed by atoms with Crippen LogP contribution in [0.1, 0.15) is 17.0 Å². The Hall–Kier alpha value is -4.20. The van der Waals surface area contributed by atoms with Gasteiger partial charge < -0.3 is 9.88 Å². The lowest BCUT2D eigenvalue weighted by Crippen LogP contribution is -2.30. The second-order valence-corrected chi connectivity index (χ2v) is 6.90. The summed E-state index contributed by atoms with van der Waals surface area (Å²) >= 11 is 0. The van der Waals surface area contributed by atoms with E-state index in [0.29, 0.717) is 11.4 Å².